The molecule has 1 heterocycles. The van der Waals surface area contributed by atoms with E-state index in [-0.39, 0.29) is 12.4 Å². The Hall–Kier alpha value is -2.58. The predicted octanol–water partition coefficient (Wildman–Crippen LogP) is 2.44. The molecular weight excluding hydrogens is 304 g/mol. The minimum atomic E-state index is 0. The maximum atomic E-state index is 4.76. The fourth-order valence-electron chi connectivity index (χ4n) is 2.82. The van der Waals surface area contributed by atoms with E-state index in [0.717, 1.165) is 33.2 Å². The van der Waals surface area contributed by atoms with Gasteiger partial charge >= 0.3 is 0 Å². The zero-order valence-corrected chi connectivity index (χ0v) is 13.5. The number of rotatable bonds is 2. The van der Waals surface area contributed by atoms with Crippen molar-refractivity contribution in [3.63, 3.8) is 0 Å². The molecule has 23 heavy (non-hydrogen) atoms. The highest BCUT2D eigenvalue weighted by Gasteiger charge is 2.09. The highest BCUT2D eigenvalue weighted by molar-refractivity contribution is 6.08. The predicted molar refractivity (Wildman–Crippen MR) is 93.7 cm³/mol. The van der Waals surface area contributed by atoms with Crippen LogP contribution in [0.15, 0.2) is 72.8 Å². The molecule has 0 amide bonds. The molecule has 0 spiro atoms. The van der Waals surface area contributed by atoms with Crippen molar-refractivity contribution in [1.82, 2.24) is 4.98 Å². The van der Waals surface area contributed by atoms with Gasteiger partial charge in [-0.15, -0.1) is 0 Å². The lowest BCUT2D eigenvalue weighted by atomic mass is 10.1. The Morgan fingerprint density at radius 2 is 1.22 bits per heavy atom. The topological polar surface area (TPSA) is 24.9 Å². The molecule has 4 rings (SSSR count). The first-order chi connectivity index (χ1) is 10.8. The number of nitrogens with zero attached hydrogens (tertiary/aromatic N) is 1. The Bertz CT molecular complexity index is 925. The molecule has 0 saturated carbocycles. The normalized spacial score (nSPS) is 10.5. The molecule has 0 aliphatic heterocycles. The van der Waals surface area contributed by atoms with Crippen molar-refractivity contribution < 1.29 is 12.4 Å². The lowest BCUT2D eigenvalue weighted by molar-refractivity contribution is -0.00000432. The second-order valence-corrected chi connectivity index (χ2v) is 5.46. The molecule has 0 atom stereocenters. The van der Waals surface area contributed by atoms with Crippen LogP contribution >= 0.6 is 0 Å². The second-order valence-electron chi connectivity index (χ2n) is 5.46. The van der Waals surface area contributed by atoms with Crippen LogP contribution in [0.3, 0.4) is 0 Å². The summed E-state index contributed by atoms with van der Waals surface area (Å²) >= 11 is 0. The van der Waals surface area contributed by atoms with Gasteiger partial charge < -0.3 is 17.7 Å². The molecular formula is C20H16ClN2-. The number of halogens is 1. The molecule has 0 fully saturated rings. The minimum Gasteiger partial charge on any atom is -1.00 e. The molecule has 2 nitrogen and oxygen atoms in total. The van der Waals surface area contributed by atoms with Crippen molar-refractivity contribution >= 4 is 33.2 Å². The number of benzene rings is 3. The third-order valence-corrected chi connectivity index (χ3v) is 3.99. The van der Waals surface area contributed by atoms with Crippen LogP contribution in [-0.2, 0) is 0 Å². The standard InChI is InChI=1S/C20H16N2.ClH/c1-14-8-2-5-11-17(14)22-20-15-9-3-6-12-18(15)21-19-13-7-4-10-16(19)20;/h2-13H,1H3,(H,21,22);1H/p-1. The summed E-state index contributed by atoms with van der Waals surface area (Å²) in [5, 5.41) is 5.90. The third kappa shape index (κ3) is 2.73. The number of aryl methyl sites for hydroxylation is 1. The first-order valence-corrected chi connectivity index (χ1v) is 7.43. The summed E-state index contributed by atoms with van der Waals surface area (Å²) in [7, 11) is 0. The molecule has 1 aromatic heterocycles. The number of fused-ring (bicyclic) bond motifs is 2. The highest BCUT2D eigenvalue weighted by Crippen LogP contribution is 2.33. The number of anilines is 2. The van der Waals surface area contributed by atoms with E-state index in [2.05, 4.69) is 72.9 Å². The van der Waals surface area contributed by atoms with E-state index in [1.807, 2.05) is 12.1 Å². The van der Waals surface area contributed by atoms with Gasteiger partial charge in [0.05, 0.1) is 16.7 Å². The van der Waals surface area contributed by atoms with Crippen molar-refractivity contribution in [3.05, 3.63) is 78.4 Å². The van der Waals surface area contributed by atoms with Gasteiger partial charge in [0.25, 0.3) is 0 Å². The first kappa shape index (κ1) is 15.3. The summed E-state index contributed by atoms with van der Waals surface area (Å²) in [6.45, 7) is 2.12. The Morgan fingerprint density at radius 1 is 0.696 bits per heavy atom. The lowest BCUT2D eigenvalue weighted by Crippen LogP contribution is -3.00. The number of hydrogen-bond donors (Lipinski definition) is 1. The lowest BCUT2D eigenvalue weighted by Gasteiger charge is -2.14. The number of aromatic nitrogens is 1. The van der Waals surface area contributed by atoms with E-state index in [9.17, 15) is 0 Å². The maximum absolute atomic E-state index is 4.76. The molecule has 3 heteroatoms. The van der Waals surface area contributed by atoms with Crippen molar-refractivity contribution in [2.24, 2.45) is 0 Å². The van der Waals surface area contributed by atoms with Crippen molar-refractivity contribution in [2.45, 2.75) is 6.92 Å². The van der Waals surface area contributed by atoms with Crippen LogP contribution in [0.25, 0.3) is 21.8 Å². The fraction of sp³-hybridized carbons (Fsp3) is 0.0500. The number of para-hydroxylation sites is 3. The number of nitrogens with one attached hydrogen (secondary N) is 1. The molecule has 4 aromatic rings. The summed E-state index contributed by atoms with van der Waals surface area (Å²) in [4.78, 5) is 4.76. The van der Waals surface area contributed by atoms with E-state index in [4.69, 9.17) is 4.98 Å². The zero-order chi connectivity index (χ0) is 14.9. The monoisotopic (exact) mass is 319 g/mol. The molecule has 114 valence electrons. The Labute approximate surface area is 141 Å². The minimum absolute atomic E-state index is 0. The number of pyridine rings is 1. The van der Waals surface area contributed by atoms with Crippen molar-refractivity contribution in [2.75, 3.05) is 5.32 Å². The van der Waals surface area contributed by atoms with Gasteiger partial charge in [-0.05, 0) is 30.7 Å². The Morgan fingerprint density at radius 3 is 1.83 bits per heavy atom. The SMILES string of the molecule is Cc1ccccc1Nc1c2ccccc2nc2ccccc12.[Cl-]. The summed E-state index contributed by atoms with van der Waals surface area (Å²) in [6.07, 6.45) is 0. The average molecular weight is 320 g/mol. The largest absolute Gasteiger partial charge is 1.00 e. The van der Waals surface area contributed by atoms with E-state index in [1.165, 1.54) is 5.56 Å². The van der Waals surface area contributed by atoms with E-state index in [0.29, 0.717) is 0 Å². The molecule has 0 unspecified atom stereocenters. The molecule has 0 aliphatic rings. The Balaban J connectivity index is 0.00000156. The van der Waals surface area contributed by atoms with E-state index >= 15 is 0 Å². The summed E-state index contributed by atoms with van der Waals surface area (Å²) in [6, 6.07) is 24.9. The van der Waals surface area contributed by atoms with Gasteiger partial charge in [0, 0.05) is 16.5 Å². The van der Waals surface area contributed by atoms with Crippen LogP contribution in [0.5, 0.6) is 0 Å². The van der Waals surface area contributed by atoms with Crippen molar-refractivity contribution in [1.29, 1.82) is 0 Å². The van der Waals surface area contributed by atoms with E-state index in [1.54, 1.807) is 0 Å². The van der Waals surface area contributed by atoms with Gasteiger partial charge in [-0.3, -0.25) is 0 Å². The van der Waals surface area contributed by atoms with Gasteiger partial charge in [0.2, 0.25) is 0 Å². The molecule has 0 aliphatic carbocycles. The molecule has 1 N–H and O–H groups in total. The van der Waals surface area contributed by atoms with Crippen molar-refractivity contribution in [3.8, 4) is 0 Å². The fourth-order valence-corrected chi connectivity index (χ4v) is 2.82. The van der Waals surface area contributed by atoms with Gasteiger partial charge in [0.1, 0.15) is 0 Å². The van der Waals surface area contributed by atoms with Crippen LogP contribution in [0, 0.1) is 6.92 Å². The van der Waals surface area contributed by atoms with Crippen LogP contribution < -0.4 is 17.7 Å². The van der Waals surface area contributed by atoms with Crippen LogP contribution in [0.1, 0.15) is 5.56 Å². The van der Waals surface area contributed by atoms with Gasteiger partial charge in [-0.1, -0.05) is 54.6 Å². The molecule has 3 aromatic carbocycles. The van der Waals surface area contributed by atoms with Gasteiger partial charge in [-0.2, -0.15) is 0 Å². The second kappa shape index (κ2) is 6.27. The summed E-state index contributed by atoms with van der Waals surface area (Å²) in [5.41, 5.74) is 5.50. The highest BCUT2D eigenvalue weighted by atomic mass is 35.5. The van der Waals surface area contributed by atoms with Crippen LogP contribution in [0.4, 0.5) is 11.4 Å². The van der Waals surface area contributed by atoms with Gasteiger partial charge in [0.15, 0.2) is 0 Å². The number of hydrogen-bond acceptors (Lipinski definition) is 2. The molecule has 0 radical (unpaired) electrons. The summed E-state index contributed by atoms with van der Waals surface area (Å²) in [5.74, 6) is 0. The molecule has 0 bridgehead atoms. The van der Waals surface area contributed by atoms with E-state index < -0.39 is 0 Å². The maximum Gasteiger partial charge on any atom is 0.0730 e. The van der Waals surface area contributed by atoms with Crippen LogP contribution in [-0.4, -0.2) is 4.98 Å². The molecule has 0 saturated heterocycles. The quantitative estimate of drug-likeness (QED) is 0.574. The Kier molecular flexibility index (Phi) is 4.18. The zero-order valence-electron chi connectivity index (χ0n) is 12.8. The average Bonchev–Trinajstić information content (AvgIpc) is 2.56. The summed E-state index contributed by atoms with van der Waals surface area (Å²) < 4.78 is 0. The van der Waals surface area contributed by atoms with Gasteiger partial charge in [-0.25, -0.2) is 4.98 Å². The van der Waals surface area contributed by atoms with Crippen LogP contribution in [0.2, 0.25) is 0 Å². The third-order valence-electron chi connectivity index (χ3n) is 3.99. The smallest absolute Gasteiger partial charge is 0.0730 e. The first-order valence-electron chi connectivity index (χ1n) is 7.43.